The van der Waals surface area contributed by atoms with Gasteiger partial charge in [-0.25, -0.2) is 0 Å². The summed E-state index contributed by atoms with van der Waals surface area (Å²) in [5, 5.41) is 13.9. The lowest BCUT2D eigenvalue weighted by molar-refractivity contribution is -0.135. The molecule has 1 fully saturated rings. The Morgan fingerprint density at radius 1 is 1.13 bits per heavy atom. The number of nitrogens with one attached hydrogen (secondary N) is 1. The highest BCUT2D eigenvalue weighted by Crippen LogP contribution is 2.28. The molecule has 5 nitrogen and oxygen atoms in total. The molecule has 3 rings (SSSR count). The van der Waals surface area contributed by atoms with E-state index in [0.29, 0.717) is 23.6 Å². The Bertz CT molecular complexity index is 872. The number of likely N-dealkylation sites (tertiary alicyclic amines) is 1. The molecular weight excluding hydrogens is 400 g/mol. The number of aliphatic hydroxyl groups excluding tert-OH is 1. The van der Waals surface area contributed by atoms with Crippen molar-refractivity contribution in [2.45, 2.75) is 51.3 Å². The number of hydrogen-bond donors (Lipinski definition) is 2. The van der Waals surface area contributed by atoms with Gasteiger partial charge in [0.05, 0.1) is 16.7 Å². The molecule has 1 saturated heterocycles. The molecule has 2 aromatic rings. The van der Waals surface area contributed by atoms with Gasteiger partial charge >= 0.3 is 0 Å². The van der Waals surface area contributed by atoms with Gasteiger partial charge in [0, 0.05) is 12.6 Å². The van der Waals surface area contributed by atoms with Crippen molar-refractivity contribution >= 4 is 23.4 Å². The molecule has 2 amide bonds. The van der Waals surface area contributed by atoms with Crippen molar-refractivity contribution in [2.75, 3.05) is 6.54 Å². The first-order valence-electron chi connectivity index (χ1n) is 10.5. The number of rotatable bonds is 7. The standard InChI is InChI=1S/C24H29ClN2O3/c1-16(2)22(26-23(29)19-12-6-7-13-20(19)25)24(30)27-14-8-11-18(27)15-21(28)17-9-4-3-5-10-17/h3-7,9-10,12-13,16,18,21-22,28H,8,11,14-15H2,1-2H3,(H,26,29). The predicted octanol–water partition coefficient (Wildman–Crippen LogP) is 4.21. The molecule has 1 aliphatic heterocycles. The fourth-order valence-corrected chi connectivity index (χ4v) is 4.22. The maximum absolute atomic E-state index is 13.4. The zero-order chi connectivity index (χ0) is 21.7. The van der Waals surface area contributed by atoms with Crippen LogP contribution in [0.4, 0.5) is 0 Å². The Hall–Kier alpha value is -2.37. The molecule has 0 aliphatic carbocycles. The van der Waals surface area contributed by atoms with Crippen molar-refractivity contribution in [3.05, 3.63) is 70.7 Å². The molecule has 3 unspecified atom stereocenters. The van der Waals surface area contributed by atoms with Gasteiger partial charge < -0.3 is 15.3 Å². The Kier molecular flexibility index (Phi) is 7.51. The first-order chi connectivity index (χ1) is 14.4. The van der Waals surface area contributed by atoms with E-state index in [4.69, 9.17) is 11.6 Å². The molecule has 0 bridgehead atoms. The van der Waals surface area contributed by atoms with Crippen LogP contribution < -0.4 is 5.32 Å². The van der Waals surface area contributed by atoms with Crippen molar-refractivity contribution in [3.63, 3.8) is 0 Å². The van der Waals surface area contributed by atoms with Crippen LogP contribution in [-0.4, -0.2) is 40.4 Å². The predicted molar refractivity (Wildman–Crippen MR) is 118 cm³/mol. The van der Waals surface area contributed by atoms with E-state index in [2.05, 4.69) is 5.32 Å². The minimum Gasteiger partial charge on any atom is -0.388 e. The molecule has 160 valence electrons. The fourth-order valence-electron chi connectivity index (χ4n) is 4.00. The van der Waals surface area contributed by atoms with Crippen LogP contribution in [0.2, 0.25) is 5.02 Å². The third-order valence-electron chi connectivity index (χ3n) is 5.68. The summed E-state index contributed by atoms with van der Waals surface area (Å²) < 4.78 is 0. The molecule has 0 aromatic heterocycles. The maximum Gasteiger partial charge on any atom is 0.253 e. The number of carbonyl (C=O) groups is 2. The van der Waals surface area contributed by atoms with Crippen LogP contribution >= 0.6 is 11.6 Å². The number of hydrogen-bond acceptors (Lipinski definition) is 3. The number of carbonyl (C=O) groups excluding carboxylic acids is 2. The lowest BCUT2D eigenvalue weighted by Gasteiger charge is -2.32. The van der Waals surface area contributed by atoms with Gasteiger partial charge in [-0.2, -0.15) is 0 Å². The molecule has 1 aliphatic rings. The molecule has 0 spiro atoms. The van der Waals surface area contributed by atoms with Crippen LogP contribution in [0.1, 0.15) is 55.1 Å². The highest BCUT2D eigenvalue weighted by molar-refractivity contribution is 6.33. The van der Waals surface area contributed by atoms with Gasteiger partial charge in [-0.3, -0.25) is 9.59 Å². The average Bonchev–Trinajstić information content (AvgIpc) is 3.20. The highest BCUT2D eigenvalue weighted by atomic mass is 35.5. The third kappa shape index (κ3) is 5.21. The summed E-state index contributed by atoms with van der Waals surface area (Å²) in [6, 6.07) is 15.6. The minimum atomic E-state index is -0.650. The largest absolute Gasteiger partial charge is 0.388 e. The van der Waals surface area contributed by atoms with Gasteiger partial charge in [0.2, 0.25) is 5.91 Å². The smallest absolute Gasteiger partial charge is 0.253 e. The van der Waals surface area contributed by atoms with Gasteiger partial charge in [0.25, 0.3) is 5.91 Å². The summed E-state index contributed by atoms with van der Waals surface area (Å²) in [5.74, 6) is -0.537. The molecule has 1 heterocycles. The van der Waals surface area contributed by atoms with E-state index in [-0.39, 0.29) is 23.8 Å². The van der Waals surface area contributed by atoms with E-state index in [1.807, 2.05) is 49.1 Å². The molecule has 2 N–H and O–H groups in total. The molecular formula is C24H29ClN2O3. The number of aliphatic hydroxyl groups is 1. The van der Waals surface area contributed by atoms with Crippen molar-refractivity contribution in [1.82, 2.24) is 10.2 Å². The van der Waals surface area contributed by atoms with E-state index in [0.717, 1.165) is 18.4 Å². The Balaban J connectivity index is 1.71. The fraction of sp³-hybridized carbons (Fsp3) is 0.417. The molecule has 0 saturated carbocycles. The SMILES string of the molecule is CC(C)C(NC(=O)c1ccccc1Cl)C(=O)N1CCCC1CC(O)c1ccccc1. The van der Waals surface area contributed by atoms with Crippen LogP contribution in [-0.2, 0) is 4.79 Å². The summed E-state index contributed by atoms with van der Waals surface area (Å²) in [4.78, 5) is 27.9. The topological polar surface area (TPSA) is 69.6 Å². The van der Waals surface area contributed by atoms with Crippen LogP contribution in [0.3, 0.4) is 0 Å². The summed E-state index contributed by atoms with van der Waals surface area (Å²) in [5.41, 5.74) is 1.21. The zero-order valence-corrected chi connectivity index (χ0v) is 18.2. The summed E-state index contributed by atoms with van der Waals surface area (Å²) in [6.07, 6.45) is 1.60. The molecule has 2 aromatic carbocycles. The number of halogens is 1. The molecule has 30 heavy (non-hydrogen) atoms. The van der Waals surface area contributed by atoms with Gasteiger partial charge in [-0.1, -0.05) is 67.9 Å². The van der Waals surface area contributed by atoms with E-state index < -0.39 is 12.1 Å². The second-order valence-corrected chi connectivity index (χ2v) is 8.57. The van der Waals surface area contributed by atoms with Crippen LogP contribution in [0, 0.1) is 5.92 Å². The number of nitrogens with zero attached hydrogens (tertiary/aromatic N) is 1. The summed E-state index contributed by atoms with van der Waals surface area (Å²) in [7, 11) is 0. The van der Waals surface area contributed by atoms with E-state index >= 15 is 0 Å². The number of amides is 2. The molecule has 0 radical (unpaired) electrons. The third-order valence-corrected chi connectivity index (χ3v) is 6.01. The Morgan fingerprint density at radius 3 is 2.47 bits per heavy atom. The average molecular weight is 429 g/mol. The summed E-state index contributed by atoms with van der Waals surface area (Å²) in [6.45, 7) is 4.47. The van der Waals surface area contributed by atoms with Crippen LogP contribution in [0.5, 0.6) is 0 Å². The molecule has 6 heteroatoms. The first kappa shape index (κ1) is 22.3. The van der Waals surface area contributed by atoms with Gasteiger partial charge in [-0.05, 0) is 42.9 Å². The summed E-state index contributed by atoms with van der Waals surface area (Å²) >= 11 is 6.14. The van der Waals surface area contributed by atoms with Gasteiger partial charge in [0.1, 0.15) is 6.04 Å². The quantitative estimate of drug-likeness (QED) is 0.694. The molecule has 3 atom stereocenters. The monoisotopic (exact) mass is 428 g/mol. The first-order valence-corrected chi connectivity index (χ1v) is 10.8. The lowest BCUT2D eigenvalue weighted by Crippen LogP contribution is -2.52. The van der Waals surface area contributed by atoms with E-state index in [9.17, 15) is 14.7 Å². The van der Waals surface area contributed by atoms with Gasteiger partial charge in [-0.15, -0.1) is 0 Å². The number of benzene rings is 2. The van der Waals surface area contributed by atoms with E-state index in [1.54, 1.807) is 24.3 Å². The minimum absolute atomic E-state index is 0.0498. The Morgan fingerprint density at radius 2 is 1.80 bits per heavy atom. The van der Waals surface area contributed by atoms with Crippen molar-refractivity contribution in [2.24, 2.45) is 5.92 Å². The van der Waals surface area contributed by atoms with E-state index in [1.165, 1.54) is 0 Å². The lowest BCUT2D eigenvalue weighted by atomic mass is 9.98. The zero-order valence-electron chi connectivity index (χ0n) is 17.4. The Labute approximate surface area is 183 Å². The highest BCUT2D eigenvalue weighted by Gasteiger charge is 2.36. The normalized spacial score (nSPS) is 18.3. The maximum atomic E-state index is 13.4. The van der Waals surface area contributed by atoms with Crippen LogP contribution in [0.15, 0.2) is 54.6 Å². The second-order valence-electron chi connectivity index (χ2n) is 8.16. The second kappa shape index (κ2) is 10.1. The van der Waals surface area contributed by atoms with Crippen molar-refractivity contribution < 1.29 is 14.7 Å². The van der Waals surface area contributed by atoms with Gasteiger partial charge in [0.15, 0.2) is 0 Å². The van der Waals surface area contributed by atoms with Crippen molar-refractivity contribution in [3.8, 4) is 0 Å². The van der Waals surface area contributed by atoms with Crippen molar-refractivity contribution in [1.29, 1.82) is 0 Å². The van der Waals surface area contributed by atoms with Crippen LogP contribution in [0.25, 0.3) is 0 Å².